The van der Waals surface area contributed by atoms with E-state index in [0.717, 1.165) is 25.7 Å². The summed E-state index contributed by atoms with van der Waals surface area (Å²) in [6, 6.07) is 0. The van der Waals surface area contributed by atoms with E-state index >= 15 is 0 Å². The molecule has 0 saturated heterocycles. The highest BCUT2D eigenvalue weighted by Gasteiger charge is 2.15. The molecule has 0 aliphatic carbocycles. The molecule has 20 heavy (non-hydrogen) atoms. The number of nitrogens with two attached hydrogens (primary N) is 1. The van der Waals surface area contributed by atoms with Gasteiger partial charge in [0.2, 0.25) is 0 Å². The minimum Gasteiger partial charge on any atom is -0.465 e. The lowest BCUT2D eigenvalue weighted by Gasteiger charge is -2.20. The zero-order chi connectivity index (χ0) is 15.2. The molecule has 6 heteroatoms. The van der Waals surface area contributed by atoms with E-state index in [0.29, 0.717) is 26.3 Å². The Kier molecular flexibility index (Phi) is 12.1. The van der Waals surface area contributed by atoms with Crippen molar-refractivity contribution in [3.8, 4) is 0 Å². The van der Waals surface area contributed by atoms with Gasteiger partial charge in [0, 0.05) is 0 Å². The summed E-state index contributed by atoms with van der Waals surface area (Å²) in [6.45, 7) is 5.87. The molecule has 0 spiro atoms. The van der Waals surface area contributed by atoms with Crippen molar-refractivity contribution in [2.75, 3.05) is 39.4 Å². The minimum absolute atomic E-state index is 0.129. The first-order valence-electron chi connectivity index (χ1n) is 7.37. The fraction of sp³-hybridized carbons (Fsp3) is 0.857. The smallest absolute Gasteiger partial charge is 0.320 e. The van der Waals surface area contributed by atoms with Gasteiger partial charge in [0.25, 0.3) is 0 Å². The summed E-state index contributed by atoms with van der Waals surface area (Å²) in [5, 5.41) is 0. The van der Waals surface area contributed by atoms with E-state index in [9.17, 15) is 9.59 Å². The molecular formula is C14H28N2O4. The zero-order valence-corrected chi connectivity index (χ0v) is 12.7. The van der Waals surface area contributed by atoms with E-state index in [1.807, 2.05) is 0 Å². The largest absolute Gasteiger partial charge is 0.465 e. The van der Waals surface area contributed by atoms with Gasteiger partial charge >= 0.3 is 11.9 Å². The molecular weight excluding hydrogens is 260 g/mol. The molecule has 0 aromatic carbocycles. The number of unbranched alkanes of at least 4 members (excludes halogenated alkanes) is 3. The van der Waals surface area contributed by atoms with Crippen LogP contribution in [0, 0.1) is 0 Å². The third-order valence-corrected chi connectivity index (χ3v) is 2.74. The summed E-state index contributed by atoms with van der Waals surface area (Å²) >= 11 is 0. The molecule has 0 fully saturated rings. The molecule has 0 atom stereocenters. The molecule has 2 N–H and O–H groups in total. The highest BCUT2D eigenvalue weighted by Crippen LogP contribution is 2.02. The normalized spacial score (nSPS) is 10.6. The summed E-state index contributed by atoms with van der Waals surface area (Å²) in [5.41, 5.74) is 5.44. The van der Waals surface area contributed by atoms with Crippen LogP contribution in [0.15, 0.2) is 0 Å². The molecule has 0 aromatic rings. The number of ether oxygens (including phenoxy) is 2. The number of nitrogens with zero attached hydrogens (tertiary/aromatic N) is 1. The summed E-state index contributed by atoms with van der Waals surface area (Å²) in [7, 11) is 0. The molecule has 0 unspecified atom stereocenters. The van der Waals surface area contributed by atoms with Crippen molar-refractivity contribution < 1.29 is 19.1 Å². The van der Waals surface area contributed by atoms with Gasteiger partial charge in [0.1, 0.15) is 0 Å². The van der Waals surface area contributed by atoms with Gasteiger partial charge in [-0.2, -0.15) is 0 Å². The second kappa shape index (κ2) is 12.9. The molecule has 0 aromatic heterocycles. The van der Waals surface area contributed by atoms with Crippen molar-refractivity contribution in [1.29, 1.82) is 0 Å². The summed E-state index contributed by atoms with van der Waals surface area (Å²) < 4.78 is 9.82. The van der Waals surface area contributed by atoms with E-state index in [1.54, 1.807) is 18.7 Å². The average molecular weight is 288 g/mol. The monoisotopic (exact) mass is 288 g/mol. The van der Waals surface area contributed by atoms with Crippen molar-refractivity contribution in [2.45, 2.75) is 39.5 Å². The van der Waals surface area contributed by atoms with Crippen molar-refractivity contribution >= 4 is 11.9 Å². The van der Waals surface area contributed by atoms with Gasteiger partial charge in [-0.1, -0.05) is 12.8 Å². The third-order valence-electron chi connectivity index (χ3n) is 2.74. The quantitative estimate of drug-likeness (QED) is 0.425. The SMILES string of the molecule is CCOC(=O)CN(CCCCCCN)CC(=O)OCC. The number of rotatable bonds is 12. The van der Waals surface area contributed by atoms with Crippen LogP contribution in [0.25, 0.3) is 0 Å². The Bertz CT molecular complexity index is 252. The Balaban J connectivity index is 4.10. The van der Waals surface area contributed by atoms with Crippen LogP contribution < -0.4 is 5.73 Å². The first kappa shape index (κ1) is 18.9. The van der Waals surface area contributed by atoms with Crippen molar-refractivity contribution in [1.82, 2.24) is 4.90 Å². The van der Waals surface area contributed by atoms with E-state index in [1.165, 1.54) is 0 Å². The maximum atomic E-state index is 11.5. The Morgan fingerprint density at radius 3 is 1.85 bits per heavy atom. The van der Waals surface area contributed by atoms with Crippen molar-refractivity contribution in [2.24, 2.45) is 5.73 Å². The predicted molar refractivity (Wildman–Crippen MR) is 77.2 cm³/mol. The molecule has 0 aliphatic rings. The van der Waals surface area contributed by atoms with E-state index in [2.05, 4.69) is 0 Å². The predicted octanol–water partition coefficient (Wildman–Crippen LogP) is 0.934. The van der Waals surface area contributed by atoms with Gasteiger partial charge in [-0.25, -0.2) is 0 Å². The second-order valence-electron chi connectivity index (χ2n) is 4.52. The van der Waals surface area contributed by atoms with E-state index < -0.39 is 0 Å². The van der Waals surface area contributed by atoms with Crippen molar-refractivity contribution in [3.05, 3.63) is 0 Å². The lowest BCUT2D eigenvalue weighted by Crippen LogP contribution is -2.36. The number of carbonyl (C=O) groups excluding carboxylic acids is 2. The fourth-order valence-electron chi connectivity index (χ4n) is 1.83. The standard InChI is InChI=1S/C14H28N2O4/c1-3-19-13(17)11-16(12-14(18)20-4-2)10-8-6-5-7-9-15/h3-12,15H2,1-2H3. The molecule has 6 nitrogen and oxygen atoms in total. The van der Waals surface area contributed by atoms with Crippen LogP contribution >= 0.6 is 0 Å². The molecule has 0 amide bonds. The first-order valence-corrected chi connectivity index (χ1v) is 7.37. The van der Waals surface area contributed by atoms with Crippen molar-refractivity contribution in [3.63, 3.8) is 0 Å². The Morgan fingerprint density at radius 1 is 0.900 bits per heavy atom. The zero-order valence-electron chi connectivity index (χ0n) is 12.7. The Morgan fingerprint density at radius 2 is 1.40 bits per heavy atom. The first-order chi connectivity index (χ1) is 9.63. The molecule has 0 rings (SSSR count). The molecule has 118 valence electrons. The Hall–Kier alpha value is -1.14. The van der Waals surface area contributed by atoms with Gasteiger partial charge in [0.15, 0.2) is 0 Å². The lowest BCUT2D eigenvalue weighted by atomic mass is 10.2. The van der Waals surface area contributed by atoms with E-state index in [-0.39, 0.29) is 25.0 Å². The highest BCUT2D eigenvalue weighted by atomic mass is 16.5. The molecule has 0 heterocycles. The van der Waals surface area contributed by atoms with Crippen LogP contribution in [0.1, 0.15) is 39.5 Å². The van der Waals surface area contributed by atoms with Crippen LogP contribution in [0.2, 0.25) is 0 Å². The maximum absolute atomic E-state index is 11.5. The fourth-order valence-corrected chi connectivity index (χ4v) is 1.83. The number of carbonyl (C=O) groups is 2. The van der Waals surface area contributed by atoms with Crippen LogP contribution in [-0.4, -0.2) is 56.2 Å². The number of hydrogen-bond donors (Lipinski definition) is 1. The third kappa shape index (κ3) is 10.8. The lowest BCUT2D eigenvalue weighted by molar-refractivity contribution is -0.148. The van der Waals surface area contributed by atoms with Gasteiger partial charge < -0.3 is 15.2 Å². The van der Waals surface area contributed by atoms with Gasteiger partial charge in [-0.05, 0) is 39.8 Å². The van der Waals surface area contributed by atoms with E-state index in [4.69, 9.17) is 15.2 Å². The van der Waals surface area contributed by atoms with Gasteiger partial charge in [-0.3, -0.25) is 14.5 Å². The van der Waals surface area contributed by atoms with Gasteiger partial charge in [0.05, 0.1) is 26.3 Å². The summed E-state index contributed by atoms with van der Waals surface area (Å²) in [5.74, 6) is -0.613. The molecule has 0 radical (unpaired) electrons. The van der Waals surface area contributed by atoms with Gasteiger partial charge in [-0.15, -0.1) is 0 Å². The van der Waals surface area contributed by atoms with Crippen LogP contribution in [0.3, 0.4) is 0 Å². The summed E-state index contributed by atoms with van der Waals surface area (Å²) in [6.07, 6.45) is 4.05. The number of hydrogen-bond acceptors (Lipinski definition) is 6. The van der Waals surface area contributed by atoms with Crippen LogP contribution in [-0.2, 0) is 19.1 Å². The average Bonchev–Trinajstić information content (AvgIpc) is 2.38. The second-order valence-corrected chi connectivity index (χ2v) is 4.52. The molecule has 0 saturated carbocycles. The Labute approximate surface area is 121 Å². The topological polar surface area (TPSA) is 81.9 Å². The van der Waals surface area contributed by atoms with Crippen LogP contribution in [0.5, 0.6) is 0 Å². The highest BCUT2D eigenvalue weighted by molar-refractivity contribution is 5.75. The summed E-state index contributed by atoms with van der Waals surface area (Å²) in [4.78, 5) is 24.8. The minimum atomic E-state index is -0.307. The maximum Gasteiger partial charge on any atom is 0.320 e. The molecule has 0 aliphatic heterocycles. The molecule has 0 bridgehead atoms. The number of esters is 2. The van der Waals surface area contributed by atoms with Crippen LogP contribution in [0.4, 0.5) is 0 Å².